The summed E-state index contributed by atoms with van der Waals surface area (Å²) >= 11 is 0. The van der Waals surface area contributed by atoms with Gasteiger partial charge in [0.25, 0.3) is 0 Å². The van der Waals surface area contributed by atoms with Crippen molar-refractivity contribution in [1.82, 2.24) is 0 Å². The normalized spacial score (nSPS) is 13.2. The summed E-state index contributed by atoms with van der Waals surface area (Å²) in [5.74, 6) is -0.884. The van der Waals surface area contributed by atoms with Crippen LogP contribution in [0.3, 0.4) is 0 Å². The molecule has 0 aromatic heterocycles. The van der Waals surface area contributed by atoms with Crippen molar-refractivity contribution in [3.05, 3.63) is 24.3 Å². The van der Waals surface area contributed by atoms with Gasteiger partial charge in [-0.3, -0.25) is 0 Å². The van der Waals surface area contributed by atoms with Gasteiger partial charge in [-0.25, -0.2) is 4.79 Å². The van der Waals surface area contributed by atoms with E-state index < -0.39 is 5.97 Å². The molecule has 0 aliphatic heterocycles. The molecule has 1 unspecified atom stereocenters. The van der Waals surface area contributed by atoms with Crippen LogP contribution >= 0.6 is 0 Å². The minimum absolute atomic E-state index is 0.324. The fourth-order valence-electron chi connectivity index (χ4n) is 2.19. The maximum atomic E-state index is 10.2. The third-order valence-corrected chi connectivity index (χ3v) is 3.46. The van der Waals surface area contributed by atoms with Crippen LogP contribution in [0.4, 0.5) is 0 Å². The first-order chi connectivity index (χ1) is 10.2. The van der Waals surface area contributed by atoms with Crippen LogP contribution in [-0.4, -0.2) is 22.3 Å². The van der Waals surface area contributed by atoms with Crippen molar-refractivity contribution in [2.24, 2.45) is 0 Å². The van der Waals surface area contributed by atoms with Crippen LogP contribution in [0.2, 0.25) is 0 Å². The van der Waals surface area contributed by atoms with Crippen molar-refractivity contribution < 1.29 is 15.0 Å². The monoisotopic (exact) mass is 296 g/mol. The molecule has 0 saturated heterocycles. The summed E-state index contributed by atoms with van der Waals surface area (Å²) in [5, 5.41) is 18.2. The lowest BCUT2D eigenvalue weighted by Gasteiger charge is -2.04. The van der Waals surface area contributed by atoms with Crippen molar-refractivity contribution in [3.8, 4) is 0 Å². The second-order valence-corrected chi connectivity index (χ2v) is 5.58. The van der Waals surface area contributed by atoms with Gasteiger partial charge in [-0.2, -0.15) is 0 Å². The van der Waals surface area contributed by atoms with E-state index in [1.54, 1.807) is 6.08 Å². The van der Waals surface area contributed by atoms with Crippen LogP contribution in [0.25, 0.3) is 0 Å². The average molecular weight is 296 g/mol. The average Bonchev–Trinajstić information content (AvgIpc) is 2.45. The van der Waals surface area contributed by atoms with Gasteiger partial charge in [-0.1, -0.05) is 63.7 Å². The molecule has 2 N–H and O–H groups in total. The van der Waals surface area contributed by atoms with Crippen LogP contribution in [0, 0.1) is 0 Å². The molecule has 0 radical (unpaired) electrons. The molecule has 21 heavy (non-hydrogen) atoms. The molecule has 0 spiro atoms. The van der Waals surface area contributed by atoms with E-state index in [0.29, 0.717) is 0 Å². The highest BCUT2D eigenvalue weighted by molar-refractivity contribution is 5.79. The second-order valence-electron chi connectivity index (χ2n) is 5.58. The van der Waals surface area contributed by atoms with Crippen LogP contribution < -0.4 is 0 Å². The van der Waals surface area contributed by atoms with Crippen LogP contribution in [0.1, 0.15) is 77.6 Å². The van der Waals surface area contributed by atoms with Crippen molar-refractivity contribution >= 4 is 5.97 Å². The Morgan fingerprint density at radius 1 is 0.952 bits per heavy atom. The Morgan fingerprint density at radius 3 is 2.24 bits per heavy atom. The topological polar surface area (TPSA) is 57.5 Å². The third-order valence-electron chi connectivity index (χ3n) is 3.46. The number of allylic oxidation sites excluding steroid dienone is 2. The van der Waals surface area contributed by atoms with E-state index in [-0.39, 0.29) is 6.10 Å². The van der Waals surface area contributed by atoms with Crippen molar-refractivity contribution in [2.45, 2.75) is 83.7 Å². The highest BCUT2D eigenvalue weighted by atomic mass is 16.4. The molecule has 0 aliphatic rings. The Morgan fingerprint density at radius 2 is 1.57 bits per heavy atom. The van der Waals surface area contributed by atoms with E-state index in [0.717, 1.165) is 38.5 Å². The number of hydrogen-bond donors (Lipinski definition) is 2. The lowest BCUT2D eigenvalue weighted by Crippen LogP contribution is -2.01. The number of aliphatic carboxylic acids is 1. The van der Waals surface area contributed by atoms with Gasteiger partial charge in [-0.05, 0) is 32.1 Å². The number of aliphatic hydroxyl groups excluding tert-OH is 1. The van der Waals surface area contributed by atoms with Gasteiger partial charge in [-0.15, -0.1) is 0 Å². The predicted octanol–water partition coefficient (Wildman–Crippen LogP) is 4.86. The summed E-state index contributed by atoms with van der Waals surface area (Å²) in [6, 6.07) is 0. The van der Waals surface area contributed by atoms with Gasteiger partial charge >= 0.3 is 5.97 Å². The molecule has 0 bridgehead atoms. The van der Waals surface area contributed by atoms with Gasteiger partial charge in [0.2, 0.25) is 0 Å². The summed E-state index contributed by atoms with van der Waals surface area (Å²) in [5.41, 5.74) is 0. The molecule has 122 valence electrons. The quantitative estimate of drug-likeness (QED) is 0.273. The Balaban J connectivity index is 3.37. The van der Waals surface area contributed by atoms with Gasteiger partial charge in [0.1, 0.15) is 0 Å². The number of unbranched alkanes of at least 4 members (excludes halogenated alkanes) is 8. The standard InChI is InChI=1S/C18H32O3/c1-2-3-4-5-6-8-11-14-17(19)15-12-9-7-10-13-16-18(20)21/h11,13-14,16-17,19H,2-10,12,15H2,1H3,(H,20,21)/b14-11+,16-13?. The molecule has 1 atom stereocenters. The molecule has 0 aromatic carbocycles. The molecular formula is C18H32O3. The molecule has 0 rings (SSSR count). The number of carboxylic acids is 1. The molecule has 0 aliphatic carbocycles. The third kappa shape index (κ3) is 16.9. The number of carbonyl (C=O) groups is 1. The first-order valence-electron chi connectivity index (χ1n) is 8.41. The largest absolute Gasteiger partial charge is 0.478 e. The predicted molar refractivity (Wildman–Crippen MR) is 88.4 cm³/mol. The zero-order valence-corrected chi connectivity index (χ0v) is 13.5. The van der Waals surface area contributed by atoms with Crippen molar-refractivity contribution in [1.29, 1.82) is 0 Å². The molecule has 0 saturated carbocycles. The van der Waals surface area contributed by atoms with Gasteiger partial charge in [0.15, 0.2) is 0 Å². The minimum atomic E-state index is -0.884. The van der Waals surface area contributed by atoms with E-state index in [4.69, 9.17) is 5.11 Å². The summed E-state index contributed by atoms with van der Waals surface area (Å²) < 4.78 is 0. The Hall–Kier alpha value is -1.09. The summed E-state index contributed by atoms with van der Waals surface area (Å²) in [7, 11) is 0. The molecule has 0 fully saturated rings. The zero-order valence-electron chi connectivity index (χ0n) is 13.5. The van der Waals surface area contributed by atoms with Crippen molar-refractivity contribution in [3.63, 3.8) is 0 Å². The van der Waals surface area contributed by atoms with E-state index in [1.807, 2.05) is 6.08 Å². The molecule has 0 aromatic rings. The number of rotatable bonds is 14. The highest BCUT2D eigenvalue weighted by Crippen LogP contribution is 2.09. The van der Waals surface area contributed by atoms with Gasteiger partial charge in [0, 0.05) is 6.08 Å². The summed E-state index contributed by atoms with van der Waals surface area (Å²) in [4.78, 5) is 10.2. The molecule has 0 heterocycles. The van der Waals surface area contributed by atoms with Crippen LogP contribution in [0.5, 0.6) is 0 Å². The zero-order chi connectivity index (χ0) is 15.8. The number of carboxylic acid groups (broad SMARTS) is 1. The number of hydrogen-bond acceptors (Lipinski definition) is 2. The Labute approximate surface area is 129 Å². The second kappa shape index (κ2) is 15.3. The van der Waals surface area contributed by atoms with Crippen molar-refractivity contribution in [2.75, 3.05) is 0 Å². The molecule has 3 nitrogen and oxygen atoms in total. The van der Waals surface area contributed by atoms with Crippen LogP contribution in [0.15, 0.2) is 24.3 Å². The van der Waals surface area contributed by atoms with E-state index >= 15 is 0 Å². The first kappa shape index (κ1) is 19.9. The maximum absolute atomic E-state index is 10.2. The SMILES string of the molecule is CCCCCCC/C=C/C(O)CCCCCC=CC(=O)O. The van der Waals surface area contributed by atoms with Crippen LogP contribution in [-0.2, 0) is 4.79 Å². The van der Waals surface area contributed by atoms with E-state index in [1.165, 1.54) is 38.2 Å². The van der Waals surface area contributed by atoms with Gasteiger partial charge in [0.05, 0.1) is 6.10 Å². The maximum Gasteiger partial charge on any atom is 0.327 e. The first-order valence-corrected chi connectivity index (χ1v) is 8.41. The fourth-order valence-corrected chi connectivity index (χ4v) is 2.19. The summed E-state index contributed by atoms with van der Waals surface area (Å²) in [6.45, 7) is 2.22. The van der Waals surface area contributed by atoms with Gasteiger partial charge < -0.3 is 10.2 Å². The van der Waals surface area contributed by atoms with E-state index in [2.05, 4.69) is 13.0 Å². The lowest BCUT2D eigenvalue weighted by molar-refractivity contribution is -0.131. The smallest absolute Gasteiger partial charge is 0.327 e. The lowest BCUT2D eigenvalue weighted by atomic mass is 10.1. The Kier molecular flexibility index (Phi) is 14.5. The van der Waals surface area contributed by atoms with E-state index in [9.17, 15) is 9.90 Å². The minimum Gasteiger partial charge on any atom is -0.478 e. The Bertz CT molecular complexity index is 295. The highest BCUT2D eigenvalue weighted by Gasteiger charge is 1.98. The fraction of sp³-hybridized carbons (Fsp3) is 0.722. The molecule has 3 heteroatoms. The molecule has 0 amide bonds. The summed E-state index contributed by atoms with van der Waals surface area (Å²) in [6.07, 6.45) is 18.7. The number of aliphatic hydroxyl groups is 1. The molecular weight excluding hydrogens is 264 g/mol.